The van der Waals surface area contributed by atoms with Gasteiger partial charge in [0.05, 0.1) is 6.61 Å². The van der Waals surface area contributed by atoms with Crippen LogP contribution in [0.2, 0.25) is 0 Å². The Labute approximate surface area is 98.8 Å². The zero-order valence-electron chi connectivity index (χ0n) is 8.67. The van der Waals surface area contributed by atoms with E-state index in [9.17, 15) is 5.11 Å². The lowest BCUT2D eigenvalue weighted by Gasteiger charge is -2.27. The highest BCUT2D eigenvalue weighted by Crippen LogP contribution is 2.27. The molecule has 15 heavy (non-hydrogen) atoms. The van der Waals surface area contributed by atoms with Crippen LogP contribution in [0.4, 0.5) is 0 Å². The number of hydrogen-bond acceptors (Lipinski definition) is 2. The minimum atomic E-state index is -0.0934. The Morgan fingerprint density at radius 3 is 2.80 bits per heavy atom. The van der Waals surface area contributed by atoms with Gasteiger partial charge >= 0.3 is 0 Å². The first-order valence-electron chi connectivity index (χ1n) is 5.35. The lowest BCUT2D eigenvalue weighted by molar-refractivity contribution is 0.177. The third kappa shape index (κ3) is 2.41. The van der Waals surface area contributed by atoms with Crippen molar-refractivity contribution in [3.8, 4) is 0 Å². The maximum absolute atomic E-state index is 9.49. The smallest absolute Gasteiger partial charge is 0.0616 e. The van der Waals surface area contributed by atoms with E-state index in [1.165, 1.54) is 5.56 Å². The maximum atomic E-state index is 9.49. The molecule has 0 spiro atoms. The van der Waals surface area contributed by atoms with Crippen LogP contribution in [-0.4, -0.2) is 23.8 Å². The molecule has 1 aromatic carbocycles. The van der Waals surface area contributed by atoms with Gasteiger partial charge in [0.25, 0.3) is 0 Å². The van der Waals surface area contributed by atoms with E-state index in [1.807, 2.05) is 12.1 Å². The van der Waals surface area contributed by atoms with Crippen molar-refractivity contribution in [2.24, 2.45) is 0 Å². The number of aliphatic hydroxyl groups excluding tert-OH is 1. The fourth-order valence-corrected chi connectivity index (χ4v) is 2.64. The second-order valence-electron chi connectivity index (χ2n) is 4.24. The van der Waals surface area contributed by atoms with Crippen molar-refractivity contribution in [2.75, 3.05) is 13.2 Å². The van der Waals surface area contributed by atoms with E-state index in [0.717, 1.165) is 30.3 Å². The van der Waals surface area contributed by atoms with Gasteiger partial charge in [-0.25, -0.2) is 0 Å². The molecular formula is C12H16BrNO. The number of halogens is 1. The van der Waals surface area contributed by atoms with Crippen LogP contribution in [0.3, 0.4) is 0 Å². The van der Waals surface area contributed by atoms with Gasteiger partial charge in [0.15, 0.2) is 0 Å². The minimum Gasteiger partial charge on any atom is -0.394 e. The molecule has 1 unspecified atom stereocenters. The molecule has 0 aliphatic carbocycles. The van der Waals surface area contributed by atoms with Gasteiger partial charge in [0.2, 0.25) is 0 Å². The van der Waals surface area contributed by atoms with Crippen LogP contribution in [-0.2, 0) is 6.42 Å². The summed E-state index contributed by atoms with van der Waals surface area (Å²) in [5, 5.41) is 12.9. The van der Waals surface area contributed by atoms with E-state index < -0.39 is 0 Å². The molecule has 1 saturated heterocycles. The Kier molecular flexibility index (Phi) is 3.44. The Morgan fingerprint density at radius 2 is 2.20 bits per heavy atom. The predicted molar refractivity (Wildman–Crippen MR) is 64.9 cm³/mol. The van der Waals surface area contributed by atoms with Crippen molar-refractivity contribution in [1.29, 1.82) is 0 Å². The van der Waals surface area contributed by atoms with Crippen LogP contribution in [0.15, 0.2) is 28.7 Å². The largest absolute Gasteiger partial charge is 0.394 e. The van der Waals surface area contributed by atoms with Crippen LogP contribution in [0.1, 0.15) is 18.4 Å². The number of aliphatic hydroxyl groups is 1. The Hall–Kier alpha value is -0.380. The summed E-state index contributed by atoms with van der Waals surface area (Å²) in [5.74, 6) is 0. The predicted octanol–water partition coefficient (Wildman–Crippen LogP) is 2.11. The molecule has 2 nitrogen and oxygen atoms in total. The van der Waals surface area contributed by atoms with Gasteiger partial charge in [0, 0.05) is 10.0 Å². The van der Waals surface area contributed by atoms with E-state index in [-0.39, 0.29) is 12.1 Å². The van der Waals surface area contributed by atoms with Crippen LogP contribution in [0, 0.1) is 0 Å². The fraction of sp³-hybridized carbons (Fsp3) is 0.500. The molecule has 0 radical (unpaired) electrons. The Balaban J connectivity index is 2.16. The molecule has 1 aromatic rings. The summed E-state index contributed by atoms with van der Waals surface area (Å²) >= 11 is 3.55. The van der Waals surface area contributed by atoms with Crippen molar-refractivity contribution in [2.45, 2.75) is 24.8 Å². The summed E-state index contributed by atoms with van der Waals surface area (Å²) in [6.07, 6.45) is 3.11. The third-order valence-corrected chi connectivity index (χ3v) is 3.90. The monoisotopic (exact) mass is 269 g/mol. The number of nitrogens with one attached hydrogen (secondary N) is 1. The number of hydrogen-bond donors (Lipinski definition) is 2. The second-order valence-corrected chi connectivity index (χ2v) is 5.09. The van der Waals surface area contributed by atoms with Crippen molar-refractivity contribution >= 4 is 15.9 Å². The van der Waals surface area contributed by atoms with Gasteiger partial charge in [-0.15, -0.1) is 0 Å². The highest BCUT2D eigenvalue weighted by atomic mass is 79.9. The van der Waals surface area contributed by atoms with Gasteiger partial charge in [-0.3, -0.25) is 0 Å². The zero-order valence-corrected chi connectivity index (χ0v) is 10.3. The van der Waals surface area contributed by atoms with Crippen molar-refractivity contribution in [3.05, 3.63) is 34.3 Å². The first-order chi connectivity index (χ1) is 7.26. The summed E-state index contributed by atoms with van der Waals surface area (Å²) in [5.41, 5.74) is 1.17. The average molecular weight is 270 g/mol. The van der Waals surface area contributed by atoms with Crippen LogP contribution < -0.4 is 5.32 Å². The van der Waals surface area contributed by atoms with E-state index in [1.54, 1.807) is 0 Å². The highest BCUT2D eigenvalue weighted by molar-refractivity contribution is 9.10. The van der Waals surface area contributed by atoms with Gasteiger partial charge in [-0.1, -0.05) is 34.1 Å². The Bertz CT molecular complexity index is 334. The molecule has 1 fully saturated rings. The molecule has 1 aliphatic rings. The van der Waals surface area contributed by atoms with E-state index in [2.05, 4.69) is 33.4 Å². The lowest BCUT2D eigenvalue weighted by Crippen LogP contribution is -2.45. The van der Waals surface area contributed by atoms with Gasteiger partial charge in [-0.2, -0.15) is 0 Å². The molecule has 3 heteroatoms. The van der Waals surface area contributed by atoms with Crippen LogP contribution >= 0.6 is 15.9 Å². The minimum absolute atomic E-state index is 0.0934. The van der Waals surface area contributed by atoms with Gasteiger partial charge < -0.3 is 10.4 Å². The van der Waals surface area contributed by atoms with Gasteiger partial charge in [0.1, 0.15) is 0 Å². The molecule has 0 saturated carbocycles. The molecule has 2 rings (SSSR count). The number of benzene rings is 1. The first kappa shape index (κ1) is 11.1. The maximum Gasteiger partial charge on any atom is 0.0616 e. The lowest BCUT2D eigenvalue weighted by atomic mass is 9.90. The molecule has 0 aromatic heterocycles. The summed E-state index contributed by atoms with van der Waals surface area (Å²) in [6.45, 7) is 1.24. The third-order valence-electron chi connectivity index (χ3n) is 3.12. The molecule has 82 valence electrons. The van der Waals surface area contributed by atoms with Crippen LogP contribution in [0.25, 0.3) is 0 Å². The molecule has 0 amide bonds. The second kappa shape index (κ2) is 4.64. The average Bonchev–Trinajstić information content (AvgIpc) is 2.71. The normalized spacial score (nSPS) is 25.7. The van der Waals surface area contributed by atoms with E-state index in [0.29, 0.717) is 0 Å². The molecular weight excluding hydrogens is 254 g/mol. The van der Waals surface area contributed by atoms with Crippen molar-refractivity contribution in [3.63, 3.8) is 0 Å². The zero-order chi connectivity index (χ0) is 10.7. The molecule has 0 bridgehead atoms. The SMILES string of the molecule is OCC1(Cc2ccccc2Br)CCCN1. The topological polar surface area (TPSA) is 32.3 Å². The van der Waals surface area contributed by atoms with Crippen molar-refractivity contribution in [1.82, 2.24) is 5.32 Å². The molecule has 1 atom stereocenters. The fourth-order valence-electron chi connectivity index (χ4n) is 2.22. The standard InChI is InChI=1S/C12H16BrNO/c13-11-5-2-1-4-10(11)8-12(9-15)6-3-7-14-12/h1-2,4-5,14-15H,3,6-9H2. The first-order valence-corrected chi connectivity index (χ1v) is 6.14. The van der Waals surface area contributed by atoms with Crippen molar-refractivity contribution < 1.29 is 5.11 Å². The van der Waals surface area contributed by atoms with E-state index in [4.69, 9.17) is 0 Å². The van der Waals surface area contributed by atoms with Crippen LogP contribution in [0.5, 0.6) is 0 Å². The molecule has 1 aliphatic heterocycles. The Morgan fingerprint density at radius 1 is 1.40 bits per heavy atom. The highest BCUT2D eigenvalue weighted by Gasteiger charge is 2.33. The van der Waals surface area contributed by atoms with Gasteiger partial charge in [-0.05, 0) is 37.4 Å². The van der Waals surface area contributed by atoms with E-state index >= 15 is 0 Å². The summed E-state index contributed by atoms with van der Waals surface area (Å²) in [4.78, 5) is 0. The summed E-state index contributed by atoms with van der Waals surface area (Å²) in [6, 6.07) is 8.22. The summed E-state index contributed by atoms with van der Waals surface area (Å²) < 4.78 is 1.13. The summed E-state index contributed by atoms with van der Waals surface area (Å²) in [7, 11) is 0. The molecule has 2 N–H and O–H groups in total. The quantitative estimate of drug-likeness (QED) is 0.881. The number of rotatable bonds is 3. The molecule has 1 heterocycles.